The van der Waals surface area contributed by atoms with E-state index in [4.69, 9.17) is 0 Å². The van der Waals surface area contributed by atoms with E-state index in [-0.39, 0.29) is 0 Å². The van der Waals surface area contributed by atoms with Crippen LogP contribution in [-0.4, -0.2) is 16.3 Å². The molecule has 10 heavy (non-hydrogen) atoms. The summed E-state index contributed by atoms with van der Waals surface area (Å²) in [5.41, 5.74) is 0. The Labute approximate surface area is 73.8 Å². The average Bonchev–Trinajstić information content (AvgIpc) is 1.97. The van der Waals surface area contributed by atoms with E-state index in [0.29, 0.717) is 0 Å². The first-order valence-corrected chi connectivity index (χ1v) is 5.43. The zero-order valence-corrected chi connectivity index (χ0v) is 8.39. The van der Waals surface area contributed by atoms with Crippen molar-refractivity contribution in [1.82, 2.24) is 0 Å². The molecule has 0 heterocycles. The second-order valence-corrected chi connectivity index (χ2v) is 3.49. The van der Waals surface area contributed by atoms with Crippen molar-refractivity contribution in [1.29, 1.82) is 0 Å². The van der Waals surface area contributed by atoms with Crippen LogP contribution in [0, 0.1) is 0 Å². The molecule has 0 aliphatic heterocycles. The van der Waals surface area contributed by atoms with Gasteiger partial charge in [0.05, 0.1) is 0 Å². The molecule has 0 saturated carbocycles. The minimum absolute atomic E-state index is 1.29. The van der Waals surface area contributed by atoms with Crippen molar-refractivity contribution in [2.75, 3.05) is 0 Å². The summed E-state index contributed by atoms with van der Waals surface area (Å²) in [6, 6.07) is 0. The van der Waals surface area contributed by atoms with E-state index in [0.717, 1.165) is 0 Å². The Hall–Kier alpha value is 0.532. The van der Waals surface area contributed by atoms with Gasteiger partial charge in [-0.05, 0) is 0 Å². The molecular weight excluding hydrogens is 135 g/mol. The fraction of sp³-hybridized carbons (Fsp3) is 1.00. The molecule has 0 aromatic carbocycles. The molecule has 0 bridgehead atoms. The van der Waals surface area contributed by atoms with Crippen LogP contribution in [-0.2, 0) is 0 Å². The third-order valence-corrected chi connectivity index (χ3v) is 2.22. The van der Waals surface area contributed by atoms with Gasteiger partial charge < -0.3 is 0 Å². The maximum absolute atomic E-state index is 2.79. The Bertz CT molecular complexity index is 44.7. The number of hydrogen-bond acceptors (Lipinski definition) is 0. The summed E-state index contributed by atoms with van der Waals surface area (Å²) in [5.74, 6) is 0. The van der Waals surface area contributed by atoms with Gasteiger partial charge in [0.1, 0.15) is 0 Å². The van der Waals surface area contributed by atoms with Crippen LogP contribution in [0.15, 0.2) is 0 Å². The van der Waals surface area contributed by atoms with Gasteiger partial charge >= 0.3 is 73.4 Å². The molecule has 1 heteroatoms. The fourth-order valence-corrected chi connectivity index (χ4v) is 1.39. The van der Waals surface area contributed by atoms with Gasteiger partial charge in [-0.25, -0.2) is 0 Å². The molecule has 0 N–H and O–H groups in total. The summed E-state index contributed by atoms with van der Waals surface area (Å²) >= 11 is 2.79. The molecule has 0 saturated heterocycles. The van der Waals surface area contributed by atoms with Gasteiger partial charge in [0, 0.05) is 0 Å². The normalized spacial score (nSPS) is 10.3. The second kappa shape index (κ2) is 9.53. The van der Waals surface area contributed by atoms with Crippen LogP contribution >= 0.6 is 0 Å². The Kier molecular flexibility index (Phi) is 10.0. The van der Waals surface area contributed by atoms with E-state index in [1.54, 1.807) is 0 Å². The van der Waals surface area contributed by atoms with E-state index in [9.17, 15) is 0 Å². The van der Waals surface area contributed by atoms with E-state index < -0.39 is 0 Å². The first-order chi connectivity index (χ1) is 4.91. The van der Waals surface area contributed by atoms with Gasteiger partial charge in [0.2, 0.25) is 0 Å². The Balaban J connectivity index is 2.65. The van der Waals surface area contributed by atoms with Crippen molar-refractivity contribution in [3.63, 3.8) is 0 Å². The quantitative estimate of drug-likeness (QED) is 0.390. The third kappa shape index (κ3) is 8.53. The molecule has 0 radical (unpaired) electrons. The topological polar surface area (TPSA) is 0 Å². The van der Waals surface area contributed by atoms with Crippen molar-refractivity contribution in [2.24, 2.45) is 0 Å². The first kappa shape index (κ1) is 10.5. The fourth-order valence-electron chi connectivity index (χ4n) is 1.10. The van der Waals surface area contributed by atoms with Gasteiger partial charge in [-0.15, -0.1) is 0 Å². The molecule has 0 fully saturated rings. The van der Waals surface area contributed by atoms with Gasteiger partial charge in [-0.2, -0.15) is 0 Å². The molecule has 0 atom stereocenters. The van der Waals surface area contributed by atoms with Crippen LogP contribution in [0.25, 0.3) is 0 Å². The molecule has 0 rings (SSSR count). The van der Waals surface area contributed by atoms with Crippen molar-refractivity contribution >= 4 is 16.3 Å². The molecule has 0 aliphatic rings. The molecule has 0 unspecified atom stereocenters. The molecule has 0 amide bonds. The monoisotopic (exact) mass is 154 g/mol. The van der Waals surface area contributed by atoms with Crippen molar-refractivity contribution in [3.8, 4) is 0 Å². The van der Waals surface area contributed by atoms with Crippen LogP contribution in [0.4, 0.5) is 0 Å². The summed E-state index contributed by atoms with van der Waals surface area (Å²) in [6.07, 6.45) is 9.99. The van der Waals surface area contributed by atoms with Crippen LogP contribution < -0.4 is 0 Å². The van der Waals surface area contributed by atoms with Crippen LogP contribution in [0.5, 0.6) is 0 Å². The zero-order chi connectivity index (χ0) is 7.66. The van der Waals surface area contributed by atoms with Gasteiger partial charge in [-0.1, -0.05) is 0 Å². The molecule has 0 aromatic heterocycles. The van der Waals surface area contributed by atoms with Crippen LogP contribution in [0.2, 0.25) is 5.28 Å². The molecule has 0 spiro atoms. The van der Waals surface area contributed by atoms with Crippen molar-refractivity contribution in [2.45, 2.75) is 57.2 Å². The van der Waals surface area contributed by atoms with Crippen molar-refractivity contribution < 1.29 is 0 Å². The summed E-state index contributed by atoms with van der Waals surface area (Å²) < 4.78 is 0. The minimum atomic E-state index is 1.29. The summed E-state index contributed by atoms with van der Waals surface area (Å²) in [6.45, 7) is 2.27. The molecule has 56 valence electrons. The Morgan fingerprint density at radius 2 is 1.30 bits per heavy atom. The molecular formula is C9H19Al+2. The average molecular weight is 154 g/mol. The van der Waals surface area contributed by atoms with Crippen LogP contribution in [0.3, 0.4) is 0 Å². The predicted octanol–water partition coefficient (Wildman–Crippen LogP) is 3.32. The SMILES string of the molecule is CCCCCCCC[CH2][Al+2]. The number of rotatable bonds is 7. The summed E-state index contributed by atoms with van der Waals surface area (Å²) in [7, 11) is 0. The number of hydrogen-bond donors (Lipinski definition) is 0. The Morgan fingerprint density at radius 3 is 1.80 bits per heavy atom. The second-order valence-electron chi connectivity index (χ2n) is 2.91. The molecule has 0 aromatic rings. The zero-order valence-electron chi connectivity index (χ0n) is 7.23. The first-order valence-electron chi connectivity index (χ1n) is 4.62. The summed E-state index contributed by atoms with van der Waals surface area (Å²) in [5, 5.41) is 1.29. The number of unbranched alkanes of at least 4 members (excludes halogenated alkanes) is 6. The van der Waals surface area contributed by atoms with Gasteiger partial charge in [0.15, 0.2) is 0 Å². The Morgan fingerprint density at radius 1 is 0.800 bits per heavy atom. The molecule has 0 nitrogen and oxygen atoms in total. The van der Waals surface area contributed by atoms with E-state index >= 15 is 0 Å². The van der Waals surface area contributed by atoms with E-state index in [2.05, 4.69) is 23.2 Å². The van der Waals surface area contributed by atoms with Gasteiger partial charge in [-0.3, -0.25) is 0 Å². The third-order valence-electron chi connectivity index (χ3n) is 1.81. The van der Waals surface area contributed by atoms with Crippen LogP contribution in [0.1, 0.15) is 51.9 Å². The van der Waals surface area contributed by atoms with Gasteiger partial charge in [0.25, 0.3) is 0 Å². The summed E-state index contributed by atoms with van der Waals surface area (Å²) in [4.78, 5) is 0. The van der Waals surface area contributed by atoms with E-state index in [1.807, 2.05) is 0 Å². The van der Waals surface area contributed by atoms with Crippen molar-refractivity contribution in [3.05, 3.63) is 0 Å². The predicted molar refractivity (Wildman–Crippen MR) is 48.6 cm³/mol. The van der Waals surface area contributed by atoms with E-state index in [1.165, 1.54) is 50.2 Å². The maximum atomic E-state index is 2.79. The standard InChI is InChI=1S/C9H19.Al/c1-3-5-7-9-8-6-4-2;/h1,3-9H2,2H3;/q;+2. The molecule has 0 aliphatic carbocycles.